The van der Waals surface area contributed by atoms with Crippen molar-refractivity contribution in [3.8, 4) is 0 Å². The summed E-state index contributed by atoms with van der Waals surface area (Å²) in [7, 11) is 0. The number of carbonyl (C=O) groups is 2. The van der Waals surface area contributed by atoms with Crippen molar-refractivity contribution in [2.24, 2.45) is 23.7 Å². The Morgan fingerprint density at radius 2 is 1.93 bits per heavy atom. The molecular weight excluding hydrogens is 196 g/mol. The molecular formula is C11H14O4. The van der Waals surface area contributed by atoms with E-state index in [1.807, 2.05) is 12.2 Å². The second-order valence-corrected chi connectivity index (χ2v) is 4.09. The fraction of sp³-hybridized carbons (Fsp3) is 0.636. The van der Waals surface area contributed by atoms with Crippen molar-refractivity contribution in [1.29, 1.82) is 0 Å². The van der Waals surface area contributed by atoms with Crippen LogP contribution in [-0.2, 0) is 14.3 Å². The Morgan fingerprint density at radius 1 is 1.33 bits per heavy atom. The molecule has 2 aliphatic rings. The van der Waals surface area contributed by atoms with Gasteiger partial charge in [0.15, 0.2) is 0 Å². The van der Waals surface area contributed by atoms with E-state index in [2.05, 4.69) is 0 Å². The van der Waals surface area contributed by atoms with E-state index in [4.69, 9.17) is 9.84 Å². The lowest BCUT2D eigenvalue weighted by molar-refractivity contribution is -0.158. The molecule has 0 saturated heterocycles. The summed E-state index contributed by atoms with van der Waals surface area (Å²) < 4.78 is 4.92. The number of hydrogen-bond donors (Lipinski definition) is 1. The fourth-order valence-corrected chi connectivity index (χ4v) is 2.72. The highest BCUT2D eigenvalue weighted by atomic mass is 16.5. The quantitative estimate of drug-likeness (QED) is 0.559. The lowest BCUT2D eigenvalue weighted by Gasteiger charge is -2.22. The number of fused-ring (bicyclic) bond motifs is 2. The van der Waals surface area contributed by atoms with Gasteiger partial charge in [-0.25, -0.2) is 0 Å². The number of carboxylic acid groups (broad SMARTS) is 1. The number of allylic oxidation sites excluding steroid dienone is 2. The van der Waals surface area contributed by atoms with Crippen molar-refractivity contribution in [3.05, 3.63) is 12.2 Å². The molecule has 0 aliphatic heterocycles. The number of carbonyl (C=O) groups excluding carboxylic acids is 1. The van der Waals surface area contributed by atoms with E-state index in [1.54, 1.807) is 6.92 Å². The molecule has 1 fully saturated rings. The smallest absolute Gasteiger partial charge is 0.310 e. The van der Waals surface area contributed by atoms with Gasteiger partial charge in [-0.2, -0.15) is 0 Å². The molecule has 0 heterocycles. The van der Waals surface area contributed by atoms with Crippen molar-refractivity contribution < 1.29 is 19.4 Å². The third-order valence-corrected chi connectivity index (χ3v) is 3.30. The molecule has 0 spiro atoms. The van der Waals surface area contributed by atoms with Crippen LogP contribution in [0.3, 0.4) is 0 Å². The van der Waals surface area contributed by atoms with Crippen LogP contribution in [0.1, 0.15) is 13.3 Å². The van der Waals surface area contributed by atoms with Gasteiger partial charge in [-0.3, -0.25) is 9.59 Å². The minimum absolute atomic E-state index is 0.0157. The van der Waals surface area contributed by atoms with Crippen LogP contribution in [0, 0.1) is 23.7 Å². The van der Waals surface area contributed by atoms with E-state index in [1.165, 1.54) is 0 Å². The Labute approximate surface area is 87.9 Å². The lowest BCUT2D eigenvalue weighted by Crippen LogP contribution is -2.34. The molecule has 2 bridgehead atoms. The predicted molar refractivity (Wildman–Crippen MR) is 52.0 cm³/mol. The molecule has 0 unspecified atom stereocenters. The second kappa shape index (κ2) is 3.68. The van der Waals surface area contributed by atoms with Gasteiger partial charge in [0.2, 0.25) is 0 Å². The van der Waals surface area contributed by atoms with Crippen molar-refractivity contribution in [1.82, 2.24) is 0 Å². The van der Waals surface area contributed by atoms with Gasteiger partial charge in [-0.1, -0.05) is 12.2 Å². The van der Waals surface area contributed by atoms with Crippen molar-refractivity contribution >= 4 is 11.9 Å². The van der Waals surface area contributed by atoms with Gasteiger partial charge in [-0.05, 0) is 25.2 Å². The predicted octanol–water partition coefficient (Wildman–Crippen LogP) is 1.07. The summed E-state index contributed by atoms with van der Waals surface area (Å²) in [6.07, 6.45) is 4.64. The summed E-state index contributed by atoms with van der Waals surface area (Å²) in [6, 6.07) is 0. The Bertz CT molecular complexity index is 321. The van der Waals surface area contributed by atoms with Gasteiger partial charge in [0.1, 0.15) is 0 Å². The van der Waals surface area contributed by atoms with Gasteiger partial charge >= 0.3 is 11.9 Å². The molecule has 15 heavy (non-hydrogen) atoms. The summed E-state index contributed by atoms with van der Waals surface area (Å²) in [6.45, 7) is 2.04. The zero-order chi connectivity index (χ0) is 11.0. The van der Waals surface area contributed by atoms with E-state index in [0.717, 1.165) is 6.42 Å². The van der Waals surface area contributed by atoms with E-state index >= 15 is 0 Å². The topological polar surface area (TPSA) is 63.6 Å². The molecule has 4 heteroatoms. The average molecular weight is 210 g/mol. The minimum atomic E-state index is -0.884. The van der Waals surface area contributed by atoms with Crippen LogP contribution in [0.2, 0.25) is 0 Å². The van der Waals surface area contributed by atoms with Crippen LogP contribution in [0.4, 0.5) is 0 Å². The minimum Gasteiger partial charge on any atom is -0.481 e. The zero-order valence-electron chi connectivity index (χ0n) is 8.55. The summed E-state index contributed by atoms with van der Waals surface area (Å²) in [5, 5.41) is 9.08. The van der Waals surface area contributed by atoms with Gasteiger partial charge in [0.05, 0.1) is 18.4 Å². The molecule has 0 aromatic rings. The van der Waals surface area contributed by atoms with E-state index < -0.39 is 17.8 Å². The maximum atomic E-state index is 11.6. The van der Waals surface area contributed by atoms with Crippen LogP contribution in [-0.4, -0.2) is 23.7 Å². The van der Waals surface area contributed by atoms with Crippen LogP contribution >= 0.6 is 0 Å². The number of aliphatic carboxylic acids is 1. The summed E-state index contributed by atoms with van der Waals surface area (Å²) in [5.74, 6) is -2.22. The number of hydrogen-bond acceptors (Lipinski definition) is 3. The second-order valence-electron chi connectivity index (χ2n) is 4.09. The molecule has 0 aromatic heterocycles. The first-order chi connectivity index (χ1) is 7.15. The van der Waals surface area contributed by atoms with Crippen LogP contribution in [0.5, 0.6) is 0 Å². The van der Waals surface area contributed by atoms with Crippen LogP contribution in [0.25, 0.3) is 0 Å². The SMILES string of the molecule is CCOC(=O)[C@@H]1[C@H](C(=O)O)[C@@H]2C=C[C@H]1C2. The van der Waals surface area contributed by atoms with Crippen molar-refractivity contribution in [2.75, 3.05) is 6.61 Å². The lowest BCUT2D eigenvalue weighted by atomic mass is 9.83. The van der Waals surface area contributed by atoms with Crippen LogP contribution < -0.4 is 0 Å². The summed E-state index contributed by atoms with van der Waals surface area (Å²) in [5.41, 5.74) is 0. The normalized spacial score (nSPS) is 36.9. The molecule has 1 N–H and O–H groups in total. The largest absolute Gasteiger partial charge is 0.481 e. The first-order valence-corrected chi connectivity index (χ1v) is 5.23. The van der Waals surface area contributed by atoms with E-state index in [9.17, 15) is 9.59 Å². The highest BCUT2D eigenvalue weighted by Gasteiger charge is 2.52. The van der Waals surface area contributed by atoms with Crippen molar-refractivity contribution in [2.45, 2.75) is 13.3 Å². The molecule has 1 saturated carbocycles. The Hall–Kier alpha value is -1.32. The molecule has 0 radical (unpaired) electrons. The molecule has 0 aromatic carbocycles. The highest BCUT2D eigenvalue weighted by Crippen LogP contribution is 2.48. The zero-order valence-corrected chi connectivity index (χ0v) is 8.55. The molecule has 4 nitrogen and oxygen atoms in total. The molecule has 4 atom stereocenters. The highest BCUT2D eigenvalue weighted by molar-refractivity contribution is 5.83. The van der Waals surface area contributed by atoms with E-state index in [-0.39, 0.29) is 17.8 Å². The van der Waals surface area contributed by atoms with E-state index in [0.29, 0.717) is 6.61 Å². The van der Waals surface area contributed by atoms with Gasteiger partial charge in [0, 0.05) is 0 Å². The Morgan fingerprint density at radius 3 is 2.47 bits per heavy atom. The first kappa shape index (κ1) is 10.2. The number of carboxylic acids is 1. The molecule has 82 valence electrons. The van der Waals surface area contributed by atoms with Gasteiger partial charge in [-0.15, -0.1) is 0 Å². The molecule has 2 rings (SSSR count). The third kappa shape index (κ3) is 1.54. The van der Waals surface area contributed by atoms with Crippen molar-refractivity contribution in [3.63, 3.8) is 0 Å². The van der Waals surface area contributed by atoms with Gasteiger partial charge in [0.25, 0.3) is 0 Å². The maximum absolute atomic E-state index is 11.6. The monoisotopic (exact) mass is 210 g/mol. The maximum Gasteiger partial charge on any atom is 0.310 e. The molecule has 0 amide bonds. The molecule has 2 aliphatic carbocycles. The Balaban J connectivity index is 2.19. The average Bonchev–Trinajstić information content (AvgIpc) is 2.76. The number of rotatable bonds is 3. The standard InChI is InChI=1S/C11H14O4/c1-2-15-11(14)9-7-4-3-6(5-7)8(9)10(12)13/h3-4,6-9H,2,5H2,1H3,(H,12,13)/t6-,7+,8-,9+/m1/s1. The third-order valence-electron chi connectivity index (χ3n) is 3.30. The van der Waals surface area contributed by atoms with Gasteiger partial charge < -0.3 is 9.84 Å². The number of esters is 1. The summed E-state index contributed by atoms with van der Waals surface area (Å²) >= 11 is 0. The summed E-state index contributed by atoms with van der Waals surface area (Å²) in [4.78, 5) is 22.7. The Kier molecular flexibility index (Phi) is 2.50. The fourth-order valence-electron chi connectivity index (χ4n) is 2.72. The first-order valence-electron chi connectivity index (χ1n) is 5.23. The van der Waals surface area contributed by atoms with Crippen LogP contribution in [0.15, 0.2) is 12.2 Å². The number of ether oxygens (including phenoxy) is 1.